The number of hydrogen-bond acceptors (Lipinski definition) is 2. The van der Waals surface area contributed by atoms with Crippen molar-refractivity contribution in [3.05, 3.63) is 29.1 Å². The summed E-state index contributed by atoms with van der Waals surface area (Å²) in [5.41, 5.74) is 2.60. The lowest BCUT2D eigenvalue weighted by Gasteiger charge is -2.11. The third-order valence-electron chi connectivity index (χ3n) is 1.86. The van der Waals surface area contributed by atoms with E-state index in [0.29, 0.717) is 6.07 Å². The topological polar surface area (TPSA) is 43.1 Å². The Balaban J connectivity index is 3.41. The fourth-order valence-corrected chi connectivity index (χ4v) is 1.12. The molecule has 0 aromatic heterocycles. The summed E-state index contributed by atoms with van der Waals surface area (Å²) in [6.07, 6.45) is -4.81. The zero-order valence-corrected chi connectivity index (χ0v) is 7.65. The van der Waals surface area contributed by atoms with E-state index in [4.69, 9.17) is 5.73 Å². The molecule has 0 aliphatic carbocycles. The summed E-state index contributed by atoms with van der Waals surface area (Å²) in [4.78, 5) is 10.9. The van der Waals surface area contributed by atoms with Crippen LogP contribution in [0.15, 0.2) is 12.1 Å². The second kappa shape index (κ2) is 3.52. The van der Waals surface area contributed by atoms with Crippen molar-refractivity contribution in [3.63, 3.8) is 0 Å². The first kappa shape index (κ1) is 11.5. The number of carbonyl (C=O) groups is 1. The van der Waals surface area contributed by atoms with Crippen molar-refractivity contribution in [3.8, 4) is 0 Å². The molecule has 0 fully saturated rings. The van der Waals surface area contributed by atoms with E-state index in [2.05, 4.69) is 0 Å². The first-order chi connectivity index (χ1) is 6.75. The van der Waals surface area contributed by atoms with Crippen LogP contribution in [0.25, 0.3) is 0 Å². The minimum atomic E-state index is -4.81. The summed E-state index contributed by atoms with van der Waals surface area (Å²) >= 11 is 0. The maximum atomic E-state index is 13.1. The highest BCUT2D eigenvalue weighted by Crippen LogP contribution is 2.34. The summed E-state index contributed by atoms with van der Waals surface area (Å²) < 4.78 is 49.7. The third-order valence-corrected chi connectivity index (χ3v) is 1.86. The highest BCUT2D eigenvalue weighted by molar-refractivity contribution is 5.99. The fraction of sp³-hybridized carbons (Fsp3) is 0.222. The smallest absolute Gasteiger partial charge is 0.396 e. The van der Waals surface area contributed by atoms with Crippen LogP contribution in [0.4, 0.5) is 23.2 Å². The quantitative estimate of drug-likeness (QED) is 0.450. The Morgan fingerprint density at radius 3 is 2.27 bits per heavy atom. The predicted octanol–water partition coefficient (Wildman–Crippen LogP) is 2.63. The van der Waals surface area contributed by atoms with Crippen molar-refractivity contribution >= 4 is 11.5 Å². The predicted molar refractivity (Wildman–Crippen MR) is 45.8 cm³/mol. The van der Waals surface area contributed by atoms with Crippen molar-refractivity contribution in [2.24, 2.45) is 0 Å². The Labute approximate surface area is 82.7 Å². The molecular weight excluding hydrogens is 214 g/mol. The van der Waals surface area contributed by atoms with Crippen LogP contribution in [0.2, 0.25) is 0 Å². The van der Waals surface area contributed by atoms with Crippen LogP contribution in [0.1, 0.15) is 22.8 Å². The molecule has 15 heavy (non-hydrogen) atoms. The Morgan fingerprint density at radius 1 is 1.33 bits per heavy atom. The van der Waals surface area contributed by atoms with Gasteiger partial charge in [0.1, 0.15) is 0 Å². The Hall–Kier alpha value is -1.59. The van der Waals surface area contributed by atoms with Gasteiger partial charge in [-0.15, -0.1) is 0 Å². The van der Waals surface area contributed by atoms with Crippen molar-refractivity contribution in [2.75, 3.05) is 5.73 Å². The molecule has 1 rings (SSSR count). The maximum Gasteiger partial charge on any atom is 0.419 e. The summed E-state index contributed by atoms with van der Waals surface area (Å²) in [7, 11) is 0. The number of ketones is 1. The molecule has 2 nitrogen and oxygen atoms in total. The van der Waals surface area contributed by atoms with Gasteiger partial charge in [-0.2, -0.15) is 13.2 Å². The number of carbonyl (C=O) groups excluding carboxylic acids is 1. The van der Waals surface area contributed by atoms with Gasteiger partial charge in [-0.3, -0.25) is 4.79 Å². The van der Waals surface area contributed by atoms with Crippen LogP contribution in [0, 0.1) is 5.82 Å². The number of nitrogen functional groups attached to an aromatic ring is 1. The van der Waals surface area contributed by atoms with E-state index in [1.165, 1.54) is 0 Å². The number of halogens is 4. The van der Waals surface area contributed by atoms with Gasteiger partial charge in [0.2, 0.25) is 0 Å². The Bertz CT molecular complexity index is 411. The monoisotopic (exact) mass is 221 g/mol. The SMILES string of the molecule is CC(=O)c1ccc(C(F)(F)F)c(F)c1N. The molecule has 0 spiro atoms. The molecular formula is C9H7F4NO. The number of Topliss-reactive ketones (excluding diaryl/α,β-unsaturated/α-hetero) is 1. The average Bonchev–Trinajstić information content (AvgIpc) is 2.06. The second-order valence-electron chi connectivity index (χ2n) is 2.94. The minimum Gasteiger partial charge on any atom is -0.396 e. The number of nitrogens with two attached hydrogens (primary N) is 1. The Kier molecular flexibility index (Phi) is 2.70. The molecule has 1 aromatic carbocycles. The largest absolute Gasteiger partial charge is 0.419 e. The van der Waals surface area contributed by atoms with Gasteiger partial charge in [-0.1, -0.05) is 0 Å². The summed E-state index contributed by atoms with van der Waals surface area (Å²) in [5.74, 6) is -2.18. The van der Waals surface area contributed by atoms with Gasteiger partial charge in [0, 0.05) is 5.56 Å². The van der Waals surface area contributed by atoms with Gasteiger partial charge in [0.05, 0.1) is 11.3 Å². The molecule has 2 N–H and O–H groups in total. The van der Waals surface area contributed by atoms with E-state index in [9.17, 15) is 22.4 Å². The van der Waals surface area contributed by atoms with E-state index in [1.54, 1.807) is 0 Å². The van der Waals surface area contributed by atoms with Crippen LogP contribution in [0.5, 0.6) is 0 Å². The van der Waals surface area contributed by atoms with Gasteiger partial charge >= 0.3 is 6.18 Å². The van der Waals surface area contributed by atoms with Crippen LogP contribution < -0.4 is 5.73 Å². The van der Waals surface area contributed by atoms with Gasteiger partial charge in [-0.25, -0.2) is 4.39 Å². The number of alkyl halides is 3. The molecule has 6 heteroatoms. The van der Waals surface area contributed by atoms with E-state index >= 15 is 0 Å². The van der Waals surface area contributed by atoms with E-state index < -0.39 is 29.0 Å². The number of anilines is 1. The molecule has 0 saturated heterocycles. The van der Waals surface area contributed by atoms with E-state index in [1.807, 2.05) is 0 Å². The van der Waals surface area contributed by atoms with Gasteiger partial charge in [0.15, 0.2) is 11.6 Å². The molecule has 82 valence electrons. The van der Waals surface area contributed by atoms with E-state index in [-0.39, 0.29) is 5.56 Å². The lowest BCUT2D eigenvalue weighted by atomic mass is 10.1. The first-order valence-corrected chi connectivity index (χ1v) is 3.91. The standard InChI is InChI=1S/C9H7F4NO/c1-4(15)5-2-3-6(9(11,12)13)7(10)8(5)14/h2-3H,14H2,1H3. The molecule has 0 saturated carbocycles. The molecule has 0 radical (unpaired) electrons. The zero-order chi connectivity index (χ0) is 11.8. The average molecular weight is 221 g/mol. The van der Waals surface area contributed by atoms with E-state index in [0.717, 1.165) is 13.0 Å². The van der Waals surface area contributed by atoms with Gasteiger partial charge in [0.25, 0.3) is 0 Å². The highest BCUT2D eigenvalue weighted by atomic mass is 19.4. The van der Waals surface area contributed by atoms with Crippen LogP contribution >= 0.6 is 0 Å². The van der Waals surface area contributed by atoms with Crippen LogP contribution in [-0.4, -0.2) is 5.78 Å². The number of rotatable bonds is 1. The van der Waals surface area contributed by atoms with Crippen molar-refractivity contribution in [1.29, 1.82) is 0 Å². The number of benzene rings is 1. The molecule has 1 aromatic rings. The Morgan fingerprint density at radius 2 is 1.87 bits per heavy atom. The molecule has 0 unspecified atom stereocenters. The van der Waals surface area contributed by atoms with Crippen LogP contribution in [0.3, 0.4) is 0 Å². The van der Waals surface area contributed by atoms with Gasteiger partial charge in [-0.05, 0) is 19.1 Å². The van der Waals surface area contributed by atoms with Crippen molar-refractivity contribution < 1.29 is 22.4 Å². The first-order valence-electron chi connectivity index (χ1n) is 3.91. The second-order valence-corrected chi connectivity index (χ2v) is 2.94. The zero-order valence-electron chi connectivity index (χ0n) is 7.65. The summed E-state index contributed by atoms with van der Waals surface area (Å²) in [5, 5.41) is 0. The molecule has 0 bridgehead atoms. The summed E-state index contributed by atoms with van der Waals surface area (Å²) in [6.45, 7) is 1.10. The lowest BCUT2D eigenvalue weighted by Crippen LogP contribution is -2.12. The van der Waals surface area contributed by atoms with Crippen molar-refractivity contribution in [2.45, 2.75) is 13.1 Å². The molecule has 0 atom stereocenters. The minimum absolute atomic E-state index is 0.250. The van der Waals surface area contributed by atoms with Crippen molar-refractivity contribution in [1.82, 2.24) is 0 Å². The lowest BCUT2D eigenvalue weighted by molar-refractivity contribution is -0.139. The molecule has 0 aliphatic rings. The maximum absolute atomic E-state index is 13.1. The molecule has 0 aliphatic heterocycles. The fourth-order valence-electron chi connectivity index (χ4n) is 1.12. The molecule has 0 heterocycles. The number of hydrogen-bond donors (Lipinski definition) is 1. The van der Waals surface area contributed by atoms with Crippen LogP contribution in [-0.2, 0) is 6.18 Å². The summed E-state index contributed by atoms with van der Waals surface area (Å²) in [6, 6.07) is 1.37. The molecule has 0 amide bonds. The third kappa shape index (κ3) is 2.08. The highest BCUT2D eigenvalue weighted by Gasteiger charge is 2.35. The normalized spacial score (nSPS) is 11.5. The van der Waals surface area contributed by atoms with Gasteiger partial charge < -0.3 is 5.73 Å².